The predicted octanol–water partition coefficient (Wildman–Crippen LogP) is 0.909. The standard InChI is InChI=1S/C22H28N4O4/c1-2-25(13-15-4-3-9-23-11-15)12-14-5-6-16-17(10-14)22(30)26(21(16)29)18-7-8-19(27)24-20(18)28/h5-6,10,15,18,23H,2-4,7-9,11-13H2,1H3,(H,24,27,28). The van der Waals surface area contributed by atoms with Crippen LogP contribution in [0.4, 0.5) is 0 Å². The average Bonchev–Trinajstić information content (AvgIpc) is 2.98. The lowest BCUT2D eigenvalue weighted by atomic mass is 9.98. The summed E-state index contributed by atoms with van der Waals surface area (Å²) < 4.78 is 0. The van der Waals surface area contributed by atoms with Crippen molar-refractivity contribution < 1.29 is 19.2 Å². The summed E-state index contributed by atoms with van der Waals surface area (Å²) in [5.41, 5.74) is 1.65. The van der Waals surface area contributed by atoms with Crippen LogP contribution in [0.25, 0.3) is 0 Å². The topological polar surface area (TPSA) is 98.8 Å². The molecule has 2 unspecified atom stereocenters. The normalized spacial score (nSPS) is 24.4. The number of fused-ring (bicyclic) bond motifs is 1. The lowest BCUT2D eigenvalue weighted by Gasteiger charge is -2.29. The van der Waals surface area contributed by atoms with Crippen molar-refractivity contribution >= 4 is 23.6 Å². The van der Waals surface area contributed by atoms with Gasteiger partial charge in [0.05, 0.1) is 11.1 Å². The van der Waals surface area contributed by atoms with Crippen molar-refractivity contribution in [2.24, 2.45) is 5.92 Å². The molecule has 2 N–H and O–H groups in total. The minimum absolute atomic E-state index is 0.122. The van der Waals surface area contributed by atoms with Gasteiger partial charge in [0.15, 0.2) is 0 Å². The van der Waals surface area contributed by atoms with Crippen LogP contribution in [0.15, 0.2) is 18.2 Å². The second kappa shape index (κ2) is 8.65. The molecule has 4 rings (SSSR count). The first-order valence-corrected chi connectivity index (χ1v) is 10.8. The number of imide groups is 2. The molecule has 8 nitrogen and oxygen atoms in total. The fourth-order valence-electron chi connectivity index (χ4n) is 4.63. The number of nitrogens with zero attached hydrogens (tertiary/aromatic N) is 2. The van der Waals surface area contributed by atoms with Crippen molar-refractivity contribution in [3.63, 3.8) is 0 Å². The van der Waals surface area contributed by atoms with Crippen molar-refractivity contribution in [1.82, 2.24) is 20.4 Å². The molecule has 2 fully saturated rings. The summed E-state index contributed by atoms with van der Waals surface area (Å²) in [6, 6.07) is 4.43. The first-order valence-electron chi connectivity index (χ1n) is 10.8. The van der Waals surface area contributed by atoms with E-state index in [2.05, 4.69) is 22.5 Å². The van der Waals surface area contributed by atoms with Gasteiger partial charge in [-0.3, -0.25) is 34.3 Å². The Hall–Kier alpha value is -2.58. The second-order valence-corrected chi connectivity index (χ2v) is 8.37. The van der Waals surface area contributed by atoms with Crippen LogP contribution < -0.4 is 10.6 Å². The number of hydrogen-bond donors (Lipinski definition) is 2. The molecule has 3 aliphatic rings. The number of carbonyl (C=O) groups excluding carboxylic acids is 4. The molecule has 2 saturated heterocycles. The number of nitrogens with one attached hydrogen (secondary N) is 2. The van der Waals surface area contributed by atoms with E-state index in [0.29, 0.717) is 23.6 Å². The number of benzene rings is 1. The van der Waals surface area contributed by atoms with Crippen LogP contribution >= 0.6 is 0 Å². The van der Waals surface area contributed by atoms with E-state index < -0.39 is 23.8 Å². The molecule has 1 aromatic carbocycles. The van der Waals surface area contributed by atoms with Gasteiger partial charge in [-0.1, -0.05) is 13.0 Å². The summed E-state index contributed by atoms with van der Waals surface area (Å²) in [7, 11) is 0. The molecule has 2 atom stereocenters. The van der Waals surface area contributed by atoms with Crippen molar-refractivity contribution in [1.29, 1.82) is 0 Å². The van der Waals surface area contributed by atoms with Gasteiger partial charge in [0, 0.05) is 19.5 Å². The van der Waals surface area contributed by atoms with E-state index in [9.17, 15) is 19.2 Å². The maximum absolute atomic E-state index is 13.0. The Labute approximate surface area is 176 Å². The van der Waals surface area contributed by atoms with E-state index in [4.69, 9.17) is 0 Å². The zero-order chi connectivity index (χ0) is 21.3. The molecule has 0 aromatic heterocycles. The SMILES string of the molecule is CCN(Cc1ccc2c(c1)C(=O)N(C1CCC(=O)NC1=O)C2=O)CC1CCCNC1. The third-order valence-electron chi connectivity index (χ3n) is 6.27. The Kier molecular flexibility index (Phi) is 5.97. The van der Waals surface area contributed by atoms with Crippen LogP contribution in [-0.2, 0) is 16.1 Å². The van der Waals surface area contributed by atoms with Gasteiger partial charge in [0.2, 0.25) is 11.8 Å². The van der Waals surface area contributed by atoms with Gasteiger partial charge in [-0.15, -0.1) is 0 Å². The van der Waals surface area contributed by atoms with Crippen LogP contribution in [0.1, 0.15) is 58.9 Å². The summed E-state index contributed by atoms with van der Waals surface area (Å²) in [5, 5.41) is 5.67. The van der Waals surface area contributed by atoms with Gasteiger partial charge in [-0.2, -0.15) is 0 Å². The van der Waals surface area contributed by atoms with E-state index in [1.54, 1.807) is 12.1 Å². The Balaban J connectivity index is 1.48. The lowest BCUT2D eigenvalue weighted by Crippen LogP contribution is -2.54. The van der Waals surface area contributed by atoms with Crippen LogP contribution in [-0.4, -0.2) is 65.6 Å². The van der Waals surface area contributed by atoms with Crippen LogP contribution in [0.2, 0.25) is 0 Å². The number of carbonyl (C=O) groups is 4. The summed E-state index contributed by atoms with van der Waals surface area (Å²) in [5.74, 6) is -1.25. The average molecular weight is 412 g/mol. The zero-order valence-corrected chi connectivity index (χ0v) is 17.3. The van der Waals surface area contributed by atoms with E-state index >= 15 is 0 Å². The van der Waals surface area contributed by atoms with E-state index in [-0.39, 0.29) is 18.7 Å². The van der Waals surface area contributed by atoms with Crippen LogP contribution in [0, 0.1) is 5.92 Å². The Morgan fingerprint density at radius 2 is 1.90 bits per heavy atom. The number of rotatable bonds is 6. The maximum Gasteiger partial charge on any atom is 0.262 e. The molecule has 30 heavy (non-hydrogen) atoms. The summed E-state index contributed by atoms with van der Waals surface area (Å²) in [6.07, 6.45) is 2.72. The lowest BCUT2D eigenvalue weighted by molar-refractivity contribution is -0.136. The largest absolute Gasteiger partial charge is 0.316 e. The number of piperidine rings is 2. The van der Waals surface area contributed by atoms with Gasteiger partial charge in [-0.05, 0) is 62.5 Å². The van der Waals surface area contributed by atoms with Crippen LogP contribution in [0.5, 0.6) is 0 Å². The Morgan fingerprint density at radius 1 is 1.10 bits per heavy atom. The van der Waals surface area contributed by atoms with Gasteiger partial charge >= 0.3 is 0 Å². The van der Waals surface area contributed by atoms with Crippen molar-refractivity contribution in [2.75, 3.05) is 26.2 Å². The van der Waals surface area contributed by atoms with E-state index in [0.717, 1.165) is 36.6 Å². The smallest absolute Gasteiger partial charge is 0.262 e. The maximum atomic E-state index is 13.0. The predicted molar refractivity (Wildman–Crippen MR) is 110 cm³/mol. The summed E-state index contributed by atoms with van der Waals surface area (Å²) in [4.78, 5) is 52.7. The molecular weight excluding hydrogens is 384 g/mol. The third-order valence-corrected chi connectivity index (χ3v) is 6.27. The van der Waals surface area contributed by atoms with Crippen molar-refractivity contribution in [2.45, 2.75) is 45.2 Å². The molecule has 1 aromatic rings. The van der Waals surface area contributed by atoms with Crippen LogP contribution in [0.3, 0.4) is 0 Å². The molecule has 0 saturated carbocycles. The molecular formula is C22H28N4O4. The van der Waals surface area contributed by atoms with Gasteiger partial charge in [0.1, 0.15) is 6.04 Å². The highest BCUT2D eigenvalue weighted by atomic mass is 16.2. The molecule has 0 aliphatic carbocycles. The minimum Gasteiger partial charge on any atom is -0.316 e. The van der Waals surface area contributed by atoms with Crippen molar-refractivity contribution in [3.05, 3.63) is 34.9 Å². The molecule has 160 valence electrons. The molecule has 3 heterocycles. The summed E-state index contributed by atoms with van der Waals surface area (Å²) >= 11 is 0. The fraction of sp³-hybridized carbons (Fsp3) is 0.545. The molecule has 0 radical (unpaired) electrons. The fourth-order valence-corrected chi connectivity index (χ4v) is 4.63. The molecule has 0 bridgehead atoms. The highest BCUT2D eigenvalue weighted by molar-refractivity contribution is 6.23. The quantitative estimate of drug-likeness (QED) is 0.674. The van der Waals surface area contributed by atoms with E-state index in [1.165, 1.54) is 12.8 Å². The number of amides is 4. The third kappa shape index (κ3) is 4.02. The monoisotopic (exact) mass is 412 g/mol. The number of hydrogen-bond acceptors (Lipinski definition) is 6. The second-order valence-electron chi connectivity index (χ2n) is 8.37. The van der Waals surface area contributed by atoms with Crippen molar-refractivity contribution in [3.8, 4) is 0 Å². The Bertz CT molecular complexity index is 878. The highest BCUT2D eigenvalue weighted by Crippen LogP contribution is 2.28. The van der Waals surface area contributed by atoms with E-state index in [1.807, 2.05) is 6.07 Å². The Morgan fingerprint density at radius 3 is 2.60 bits per heavy atom. The van der Waals surface area contributed by atoms with Gasteiger partial charge in [-0.25, -0.2) is 0 Å². The first kappa shape index (κ1) is 20.7. The molecule has 3 aliphatic heterocycles. The molecule has 0 spiro atoms. The summed E-state index contributed by atoms with van der Waals surface area (Å²) in [6.45, 7) is 6.86. The first-order chi connectivity index (χ1) is 14.5. The zero-order valence-electron chi connectivity index (χ0n) is 17.3. The van der Waals surface area contributed by atoms with Gasteiger partial charge < -0.3 is 5.32 Å². The minimum atomic E-state index is -0.926. The van der Waals surface area contributed by atoms with Gasteiger partial charge in [0.25, 0.3) is 11.8 Å². The molecule has 4 amide bonds. The highest BCUT2D eigenvalue weighted by Gasteiger charge is 2.44. The molecule has 8 heteroatoms.